The number of aliphatic hydroxyl groups excluding tert-OH is 1. The molecular formula is C89H124N6O16. The molecule has 5 aromatic rings. The molecule has 0 saturated carbocycles. The molecule has 22 heteroatoms. The maximum absolute atomic E-state index is 15.1. The second kappa shape index (κ2) is 37.4. The number of ether oxygens (including phenoxy) is 7. The third kappa shape index (κ3) is 20.4. The smallest absolute Gasteiger partial charge is 0.420 e. The predicted octanol–water partition coefficient (Wildman–Crippen LogP) is 14.9. The molecule has 606 valence electrons. The number of fused-ring (bicyclic) bond motifs is 1. The van der Waals surface area contributed by atoms with Crippen molar-refractivity contribution in [2.24, 2.45) is 75.4 Å². The molecule has 0 aliphatic carbocycles. The molecule has 1 amide bonds. The zero-order valence-electron chi connectivity index (χ0n) is 69.0. The van der Waals surface area contributed by atoms with Crippen LogP contribution < -0.4 is 0 Å². The number of hydrogen-bond acceptors (Lipinski definition) is 19. The van der Waals surface area contributed by atoms with Crippen LogP contribution in [-0.4, -0.2) is 155 Å². The van der Waals surface area contributed by atoms with E-state index in [1.54, 1.807) is 53.1 Å². The number of unbranched alkanes of at least 4 members (excludes halogenated alkanes) is 1. The van der Waals surface area contributed by atoms with E-state index in [9.17, 15) is 38.7 Å². The molecule has 1 N–H and O–H groups in total. The van der Waals surface area contributed by atoms with Gasteiger partial charge in [-0.25, -0.2) is 19.3 Å². The van der Waals surface area contributed by atoms with E-state index < -0.39 is 130 Å². The maximum atomic E-state index is 15.1. The van der Waals surface area contributed by atoms with Crippen LogP contribution in [0.15, 0.2) is 128 Å². The van der Waals surface area contributed by atoms with E-state index in [0.29, 0.717) is 63.1 Å². The predicted molar refractivity (Wildman–Crippen MR) is 421 cm³/mol. The molecule has 2 unspecified atom stereocenters. The average Bonchev–Trinajstić information content (AvgIpc) is 1.59. The number of aliphatic hydroxyl groups is 1. The van der Waals surface area contributed by atoms with Crippen LogP contribution in [0.5, 0.6) is 0 Å². The fourth-order valence-electron chi connectivity index (χ4n) is 18.8. The Bertz CT molecular complexity index is 3990. The largest absolute Gasteiger partial charge is 0.461 e. The molecule has 3 aromatic heterocycles. The normalized spacial score (nSPS) is 34.5. The number of carbonyl (C=O) groups excluding carboxylic acids is 8. The molecule has 4 fully saturated rings. The molecule has 0 radical (unpaired) electrons. The molecule has 0 bridgehead atoms. The summed E-state index contributed by atoms with van der Waals surface area (Å²) in [7, 11) is 0. The Morgan fingerprint density at radius 2 is 1.16 bits per heavy atom. The van der Waals surface area contributed by atoms with E-state index in [1.165, 1.54) is 23.3 Å². The fourth-order valence-corrected chi connectivity index (χ4v) is 18.8. The highest BCUT2D eigenvalue weighted by Crippen LogP contribution is 2.52. The van der Waals surface area contributed by atoms with Gasteiger partial charge in [0.05, 0.1) is 42.5 Å². The number of hydrogen-bond donors (Lipinski definition) is 1. The van der Waals surface area contributed by atoms with Gasteiger partial charge in [-0.2, -0.15) is 0 Å². The second-order valence-electron chi connectivity index (χ2n) is 34.6. The standard InChI is InChI=1S/C49H68N4O8.C40H56N2O8/c1-10-39-49(25-36-17-12-11-13-18-36)26-40(54)53(22-15-14-21-52-28-38(51-29-52)37-19-16-20-50-27-37)44(49)33(5)41(55)31(3)24-48(8,9)45(34(6)43(57)35(7)46(58)60-39)61-47-42(56)30(2)23-32(4)59-47;1-11-32-40(22-31-15-13-12-14-16-31,50-38(46)42-18-17-41-23-42)21-26(4)33(43)25(3)20-39(9,10)35(29(7)34(44)30(8)36(45)48-32)49-37-28(6)24(2)19-27(5)47-37/h11-13,16-20,27-35,39,42,44-45,47,56H,10,14-15,21-26H2,1-9H3;12-18,21,23-25,27-30,32,35,37H,11,19-20,22H2,1-10H3/b;26-21+/t30-,31+,32+,33-,34-,35+,39+,42+,44+,45+,47?,49+;24-,25+,27+,28+,29-,30+,32+,35+,37?,40+/m00/s1. The number of imidazole rings is 2. The van der Waals surface area contributed by atoms with Crippen LogP contribution in [0.2, 0.25) is 0 Å². The number of aromatic nitrogens is 5. The maximum Gasteiger partial charge on any atom is 0.420 e. The van der Waals surface area contributed by atoms with Crippen molar-refractivity contribution in [2.75, 3.05) is 6.54 Å². The zero-order chi connectivity index (χ0) is 81.2. The van der Waals surface area contributed by atoms with Gasteiger partial charge in [0.15, 0.2) is 35.5 Å². The van der Waals surface area contributed by atoms with Crippen molar-refractivity contribution in [3.05, 3.63) is 139 Å². The van der Waals surface area contributed by atoms with E-state index in [4.69, 9.17) is 33.2 Å². The Kier molecular flexibility index (Phi) is 29.3. The Balaban J connectivity index is 0.000000260. The molecule has 22 nitrogen and oxygen atoms in total. The topological polar surface area (TPSA) is 273 Å². The summed E-state index contributed by atoms with van der Waals surface area (Å²) in [5, 5.41) is 11.2. The summed E-state index contributed by atoms with van der Waals surface area (Å²) < 4.78 is 48.1. The minimum atomic E-state index is -1.60. The lowest BCUT2D eigenvalue weighted by molar-refractivity contribution is -0.284. The lowest BCUT2D eigenvalue weighted by Crippen LogP contribution is -2.56. The van der Waals surface area contributed by atoms with Crippen molar-refractivity contribution < 1.29 is 76.6 Å². The summed E-state index contributed by atoms with van der Waals surface area (Å²) >= 11 is 0. The van der Waals surface area contributed by atoms with Crippen LogP contribution in [0, 0.1) is 75.4 Å². The third-order valence-electron chi connectivity index (χ3n) is 24.7. The minimum Gasteiger partial charge on any atom is -0.461 e. The Hall–Kier alpha value is -7.89. The number of nitrogens with zero attached hydrogens (tertiary/aromatic N) is 6. The molecule has 111 heavy (non-hydrogen) atoms. The first-order valence-corrected chi connectivity index (χ1v) is 40.5. The summed E-state index contributed by atoms with van der Waals surface area (Å²) in [5.74, 6) is -7.38. The Morgan fingerprint density at radius 3 is 1.73 bits per heavy atom. The molecule has 4 saturated heterocycles. The van der Waals surface area contributed by atoms with Crippen molar-refractivity contribution in [3.63, 3.8) is 0 Å². The summed E-state index contributed by atoms with van der Waals surface area (Å²) in [6.45, 7) is 37.1. The molecule has 10 rings (SSSR count). The number of rotatable bonds is 17. The van der Waals surface area contributed by atoms with Crippen LogP contribution in [-0.2, 0) is 86.1 Å². The lowest BCUT2D eigenvalue weighted by atomic mass is 9.64. The first-order chi connectivity index (χ1) is 52.5. The number of ketones is 4. The van der Waals surface area contributed by atoms with Gasteiger partial charge in [0.25, 0.3) is 0 Å². The second-order valence-corrected chi connectivity index (χ2v) is 34.6. The summed E-state index contributed by atoms with van der Waals surface area (Å²) in [5.41, 5.74) is -0.110. The van der Waals surface area contributed by atoms with E-state index >= 15 is 4.79 Å². The van der Waals surface area contributed by atoms with Crippen molar-refractivity contribution in [1.29, 1.82) is 0 Å². The molecule has 22 atom stereocenters. The van der Waals surface area contributed by atoms with E-state index in [-0.39, 0.29) is 72.3 Å². The lowest BCUT2D eigenvalue weighted by Gasteiger charge is -2.47. The van der Waals surface area contributed by atoms with Gasteiger partial charge in [0, 0.05) is 103 Å². The summed E-state index contributed by atoms with van der Waals surface area (Å²) in [6.07, 6.45) is 11.5. The van der Waals surface area contributed by atoms with Crippen LogP contribution in [0.3, 0.4) is 0 Å². The van der Waals surface area contributed by atoms with Gasteiger partial charge >= 0.3 is 18.0 Å². The highest BCUT2D eigenvalue weighted by molar-refractivity contribution is 6.01. The number of cyclic esters (lactones) is 2. The van der Waals surface area contributed by atoms with E-state index in [0.717, 1.165) is 35.2 Å². The quantitative estimate of drug-likeness (QED) is 0.0392. The SMILES string of the molecule is CC[C@H]1OC(=O)[C@H](C)C(=O)[C@H](C)[C@@H](OC2O[C@H](C)C[C@H](C)[C@H]2C)C(C)(C)C[C@@H](C)C(=O)/C(C)=C/[C@]1(Cc1ccccc1)OC(=O)n1ccnc1.CC[C@H]1OC(=O)[C@H](C)C(=O)[C@H](C)[C@@H](OC2O[C@H](C)C[C@H](C)[C@H]2O)C(C)(C)C[C@@H](C)C(=O)[C@H](C)[C@H]2N(CCCCn3cnc(-c4cccnc4)c3)C(=O)C[C@]12Cc1ccccc1. The molecule has 8 heterocycles. The number of Topliss-reactive ketones (excluding diaryl/α,β-unsaturated/α-hetero) is 4. The van der Waals surface area contributed by atoms with Gasteiger partial charge in [-0.05, 0) is 150 Å². The Morgan fingerprint density at radius 1 is 0.613 bits per heavy atom. The summed E-state index contributed by atoms with van der Waals surface area (Å²) in [4.78, 5) is 129. The van der Waals surface area contributed by atoms with E-state index in [1.807, 2.05) is 178 Å². The number of benzene rings is 2. The third-order valence-corrected chi connectivity index (χ3v) is 24.7. The Labute approximate surface area is 657 Å². The van der Waals surface area contributed by atoms with Gasteiger partial charge in [-0.3, -0.25) is 38.5 Å². The molecule has 2 aromatic carbocycles. The number of aryl methyl sites for hydroxylation is 1. The highest BCUT2D eigenvalue weighted by atomic mass is 16.7. The van der Waals surface area contributed by atoms with Gasteiger partial charge in [0.2, 0.25) is 5.91 Å². The molecule has 5 aliphatic rings. The van der Waals surface area contributed by atoms with Gasteiger partial charge in [0.1, 0.15) is 42.3 Å². The molecular weight excluding hydrogens is 1410 g/mol. The monoisotopic (exact) mass is 1530 g/mol. The first kappa shape index (κ1) is 87.1. The minimum absolute atomic E-state index is 0.00269. The fraction of sp³-hybridized carbons (Fsp3) is 0.629. The number of likely N-dealkylation sites (tertiary alicyclic amines) is 1. The number of esters is 2. The van der Waals surface area contributed by atoms with Crippen LogP contribution in [0.25, 0.3) is 11.3 Å². The van der Waals surface area contributed by atoms with Crippen molar-refractivity contribution in [3.8, 4) is 11.3 Å². The number of carbonyl (C=O) groups is 8. The van der Waals surface area contributed by atoms with Gasteiger partial charge in [-0.15, -0.1) is 0 Å². The van der Waals surface area contributed by atoms with Crippen LogP contribution >= 0.6 is 0 Å². The van der Waals surface area contributed by atoms with Crippen molar-refractivity contribution in [1.82, 2.24) is 29.0 Å². The molecule has 5 aliphatic heterocycles. The number of pyridine rings is 1. The van der Waals surface area contributed by atoms with Crippen molar-refractivity contribution >= 4 is 47.1 Å². The highest BCUT2D eigenvalue weighted by Gasteiger charge is 2.61. The molecule has 0 spiro atoms. The number of amides is 1. The van der Waals surface area contributed by atoms with Gasteiger partial charge < -0.3 is 47.7 Å². The zero-order valence-corrected chi connectivity index (χ0v) is 69.0. The average molecular weight is 1530 g/mol. The van der Waals surface area contributed by atoms with Crippen LogP contribution in [0.1, 0.15) is 200 Å². The van der Waals surface area contributed by atoms with E-state index in [2.05, 4.69) is 28.8 Å². The van der Waals surface area contributed by atoms with Crippen LogP contribution in [0.4, 0.5) is 4.79 Å². The van der Waals surface area contributed by atoms with Crippen molar-refractivity contribution in [2.45, 2.75) is 276 Å². The first-order valence-electron chi connectivity index (χ1n) is 40.5. The number of allylic oxidation sites excluding steroid dienone is 1. The van der Waals surface area contributed by atoms with Gasteiger partial charge in [-0.1, -0.05) is 158 Å². The summed E-state index contributed by atoms with van der Waals surface area (Å²) in [6, 6.07) is 22.5.